The van der Waals surface area contributed by atoms with Crippen molar-refractivity contribution in [3.8, 4) is 0 Å². The molecule has 0 bridgehead atoms. The molecule has 0 saturated heterocycles. The van der Waals surface area contributed by atoms with Crippen molar-refractivity contribution in [2.24, 2.45) is 15.9 Å². The molecule has 0 aromatic rings. The van der Waals surface area contributed by atoms with Gasteiger partial charge in [-0.05, 0) is 38.8 Å². The van der Waals surface area contributed by atoms with Crippen LogP contribution in [0.25, 0.3) is 0 Å². The SMILES string of the molecule is C=NC1=C(N=C(C)CC)CC(C)C1. The van der Waals surface area contributed by atoms with E-state index >= 15 is 0 Å². The molecule has 0 amide bonds. The Morgan fingerprint density at radius 1 is 1.46 bits per heavy atom. The highest BCUT2D eigenvalue weighted by Crippen LogP contribution is 2.32. The number of aliphatic imine (C=N–C) groups is 2. The first kappa shape index (κ1) is 10.2. The van der Waals surface area contributed by atoms with Crippen molar-refractivity contribution < 1.29 is 0 Å². The van der Waals surface area contributed by atoms with Gasteiger partial charge in [0.2, 0.25) is 0 Å². The molecule has 0 fully saturated rings. The number of rotatable bonds is 3. The summed E-state index contributed by atoms with van der Waals surface area (Å²) in [4.78, 5) is 8.59. The maximum atomic E-state index is 4.56. The summed E-state index contributed by atoms with van der Waals surface area (Å²) < 4.78 is 0. The van der Waals surface area contributed by atoms with Crippen LogP contribution in [0.2, 0.25) is 0 Å². The van der Waals surface area contributed by atoms with Gasteiger partial charge in [0.05, 0.1) is 11.4 Å². The van der Waals surface area contributed by atoms with Crippen molar-refractivity contribution >= 4 is 12.4 Å². The fourth-order valence-electron chi connectivity index (χ4n) is 1.54. The summed E-state index contributed by atoms with van der Waals surface area (Å²) in [7, 11) is 0. The maximum absolute atomic E-state index is 4.56. The monoisotopic (exact) mass is 178 g/mol. The van der Waals surface area contributed by atoms with Crippen LogP contribution in [0.1, 0.15) is 40.0 Å². The van der Waals surface area contributed by atoms with E-state index in [9.17, 15) is 0 Å². The van der Waals surface area contributed by atoms with Crippen LogP contribution in [0.4, 0.5) is 0 Å². The summed E-state index contributed by atoms with van der Waals surface area (Å²) in [6, 6.07) is 0. The second-order valence-electron chi connectivity index (χ2n) is 3.77. The van der Waals surface area contributed by atoms with Crippen molar-refractivity contribution in [3.05, 3.63) is 11.4 Å². The van der Waals surface area contributed by atoms with E-state index in [1.807, 2.05) is 0 Å². The van der Waals surface area contributed by atoms with Crippen molar-refractivity contribution in [1.82, 2.24) is 0 Å². The average Bonchev–Trinajstić information content (AvgIpc) is 2.46. The van der Waals surface area contributed by atoms with Gasteiger partial charge >= 0.3 is 0 Å². The number of nitrogens with zero attached hydrogens (tertiary/aromatic N) is 2. The second kappa shape index (κ2) is 4.35. The largest absolute Gasteiger partial charge is 0.267 e. The summed E-state index contributed by atoms with van der Waals surface area (Å²) in [5.41, 5.74) is 3.44. The van der Waals surface area contributed by atoms with E-state index in [2.05, 4.69) is 37.5 Å². The molecule has 72 valence electrons. The molecule has 0 aromatic carbocycles. The minimum Gasteiger partial charge on any atom is -0.267 e. The Morgan fingerprint density at radius 2 is 2.08 bits per heavy atom. The summed E-state index contributed by atoms with van der Waals surface area (Å²) in [5, 5.41) is 0. The summed E-state index contributed by atoms with van der Waals surface area (Å²) in [6.07, 6.45) is 3.12. The zero-order valence-electron chi connectivity index (χ0n) is 8.80. The Bertz CT molecular complexity index is 261. The van der Waals surface area contributed by atoms with Crippen LogP contribution in [0.5, 0.6) is 0 Å². The summed E-state index contributed by atoms with van der Waals surface area (Å²) in [6.45, 7) is 10.0. The Balaban J connectivity index is 2.83. The smallest absolute Gasteiger partial charge is 0.0619 e. The van der Waals surface area contributed by atoms with Gasteiger partial charge in [-0.25, -0.2) is 0 Å². The lowest BCUT2D eigenvalue weighted by Crippen LogP contribution is -1.90. The number of hydrogen-bond acceptors (Lipinski definition) is 2. The van der Waals surface area contributed by atoms with Crippen LogP contribution in [0, 0.1) is 5.92 Å². The molecule has 0 aromatic heterocycles. The van der Waals surface area contributed by atoms with Crippen LogP contribution >= 0.6 is 0 Å². The minimum absolute atomic E-state index is 0.684. The van der Waals surface area contributed by atoms with Gasteiger partial charge < -0.3 is 0 Å². The lowest BCUT2D eigenvalue weighted by molar-refractivity contribution is 0.617. The van der Waals surface area contributed by atoms with Crippen LogP contribution in [-0.2, 0) is 0 Å². The molecule has 1 rings (SSSR count). The molecule has 2 heteroatoms. The van der Waals surface area contributed by atoms with Gasteiger partial charge in [-0.2, -0.15) is 0 Å². The number of hydrogen-bond donors (Lipinski definition) is 0. The molecule has 1 aliphatic carbocycles. The molecule has 0 aliphatic heterocycles. The first-order valence-corrected chi connectivity index (χ1v) is 4.90. The summed E-state index contributed by atoms with van der Waals surface area (Å²) >= 11 is 0. The lowest BCUT2D eigenvalue weighted by Gasteiger charge is -1.99. The van der Waals surface area contributed by atoms with Crippen LogP contribution in [-0.4, -0.2) is 12.4 Å². The molecule has 0 spiro atoms. The number of allylic oxidation sites excluding steroid dienone is 2. The van der Waals surface area contributed by atoms with Gasteiger partial charge in [0.1, 0.15) is 0 Å². The van der Waals surface area contributed by atoms with Crippen LogP contribution in [0.3, 0.4) is 0 Å². The van der Waals surface area contributed by atoms with Crippen molar-refractivity contribution in [2.75, 3.05) is 0 Å². The van der Waals surface area contributed by atoms with Gasteiger partial charge in [0.25, 0.3) is 0 Å². The van der Waals surface area contributed by atoms with E-state index in [4.69, 9.17) is 0 Å². The van der Waals surface area contributed by atoms with E-state index in [0.717, 1.165) is 30.7 Å². The molecule has 0 heterocycles. The molecule has 13 heavy (non-hydrogen) atoms. The molecule has 1 atom stereocenters. The van der Waals surface area contributed by atoms with E-state index in [1.54, 1.807) is 0 Å². The lowest BCUT2D eigenvalue weighted by atomic mass is 10.1. The van der Waals surface area contributed by atoms with Crippen LogP contribution < -0.4 is 0 Å². The third-order valence-corrected chi connectivity index (χ3v) is 2.45. The Kier molecular flexibility index (Phi) is 3.40. The highest BCUT2D eigenvalue weighted by Gasteiger charge is 2.19. The fraction of sp³-hybridized carbons (Fsp3) is 0.636. The van der Waals surface area contributed by atoms with Crippen molar-refractivity contribution in [1.29, 1.82) is 0 Å². The summed E-state index contributed by atoms with van der Waals surface area (Å²) in [5.74, 6) is 0.684. The first-order chi connectivity index (χ1) is 6.17. The third-order valence-electron chi connectivity index (χ3n) is 2.45. The van der Waals surface area contributed by atoms with Gasteiger partial charge in [-0.3, -0.25) is 9.98 Å². The molecule has 1 aliphatic rings. The first-order valence-electron chi connectivity index (χ1n) is 4.90. The van der Waals surface area contributed by atoms with Gasteiger partial charge in [-0.1, -0.05) is 13.8 Å². The van der Waals surface area contributed by atoms with E-state index < -0.39 is 0 Å². The van der Waals surface area contributed by atoms with E-state index in [1.165, 1.54) is 5.71 Å². The van der Waals surface area contributed by atoms with Crippen LogP contribution in [0.15, 0.2) is 21.4 Å². The van der Waals surface area contributed by atoms with E-state index in [-0.39, 0.29) is 0 Å². The molecule has 0 radical (unpaired) electrons. The standard InChI is InChI=1S/C11H18N2/c1-5-9(3)13-11-7-8(2)6-10(11)12-4/h8H,4-7H2,1-3H3. The Labute approximate surface area is 80.5 Å². The predicted octanol–water partition coefficient (Wildman–Crippen LogP) is 3.20. The van der Waals surface area contributed by atoms with Crippen molar-refractivity contribution in [2.45, 2.75) is 40.0 Å². The normalized spacial score (nSPS) is 23.9. The quantitative estimate of drug-likeness (QED) is 0.593. The maximum Gasteiger partial charge on any atom is 0.0619 e. The molecule has 0 N–H and O–H groups in total. The molecular weight excluding hydrogens is 160 g/mol. The molecule has 2 nitrogen and oxygen atoms in total. The minimum atomic E-state index is 0.684. The van der Waals surface area contributed by atoms with Crippen molar-refractivity contribution in [3.63, 3.8) is 0 Å². The molecule has 1 unspecified atom stereocenters. The molecular formula is C11H18N2. The van der Waals surface area contributed by atoms with E-state index in [0.29, 0.717) is 5.92 Å². The molecule has 0 saturated carbocycles. The van der Waals surface area contributed by atoms with Gasteiger partial charge in [0.15, 0.2) is 0 Å². The second-order valence-corrected chi connectivity index (χ2v) is 3.77. The zero-order valence-corrected chi connectivity index (χ0v) is 8.80. The highest BCUT2D eigenvalue weighted by atomic mass is 14.8. The average molecular weight is 178 g/mol. The fourth-order valence-corrected chi connectivity index (χ4v) is 1.54. The topological polar surface area (TPSA) is 24.7 Å². The zero-order chi connectivity index (χ0) is 9.84. The Hall–Kier alpha value is -0.920. The third kappa shape index (κ3) is 2.51. The predicted molar refractivity (Wildman–Crippen MR) is 58.4 cm³/mol. The van der Waals surface area contributed by atoms with Gasteiger partial charge in [-0.15, -0.1) is 0 Å². The van der Waals surface area contributed by atoms with Gasteiger partial charge in [0, 0.05) is 5.71 Å². The Morgan fingerprint density at radius 3 is 2.62 bits per heavy atom. The highest BCUT2D eigenvalue weighted by molar-refractivity contribution is 5.82.